The number of rotatable bonds is 4. The van der Waals surface area contributed by atoms with E-state index in [0.717, 1.165) is 17.1 Å². The van der Waals surface area contributed by atoms with Gasteiger partial charge >= 0.3 is 6.03 Å². The van der Waals surface area contributed by atoms with E-state index in [1.165, 1.54) is 0 Å². The minimum absolute atomic E-state index is 0.0773. The van der Waals surface area contributed by atoms with E-state index in [-0.39, 0.29) is 18.6 Å². The van der Waals surface area contributed by atoms with Crippen molar-refractivity contribution in [2.75, 3.05) is 13.2 Å². The number of benzene rings is 1. The molecule has 6 heteroatoms. The molecular formula is C18H22N2O4. The average molecular weight is 330 g/mol. The zero-order valence-electron chi connectivity index (χ0n) is 14.1. The van der Waals surface area contributed by atoms with Crippen molar-refractivity contribution in [1.29, 1.82) is 0 Å². The fourth-order valence-corrected chi connectivity index (χ4v) is 3.00. The molecule has 0 saturated carbocycles. The first-order chi connectivity index (χ1) is 11.4. The van der Waals surface area contributed by atoms with Gasteiger partial charge in [-0.2, -0.15) is 0 Å². The topological polar surface area (TPSA) is 83.7 Å². The Morgan fingerprint density at radius 3 is 2.83 bits per heavy atom. The number of urea groups is 1. The van der Waals surface area contributed by atoms with Crippen LogP contribution in [0.3, 0.4) is 0 Å². The molecule has 3 N–H and O–H groups in total. The summed E-state index contributed by atoms with van der Waals surface area (Å²) >= 11 is 0. The molecule has 0 unspecified atom stereocenters. The number of hydrogen-bond donors (Lipinski definition) is 3. The maximum Gasteiger partial charge on any atom is 0.315 e. The Balaban J connectivity index is 1.59. The number of furan rings is 1. The van der Waals surface area contributed by atoms with Crippen molar-refractivity contribution in [3.8, 4) is 5.75 Å². The van der Waals surface area contributed by atoms with Gasteiger partial charge < -0.3 is 24.9 Å². The molecule has 1 aliphatic heterocycles. The first-order valence-corrected chi connectivity index (χ1v) is 7.93. The lowest BCUT2D eigenvalue weighted by Gasteiger charge is -2.24. The molecule has 2 atom stereocenters. The van der Waals surface area contributed by atoms with Crippen LogP contribution in [0, 0.1) is 13.8 Å². The van der Waals surface area contributed by atoms with Crippen molar-refractivity contribution in [2.24, 2.45) is 0 Å². The number of carbonyl (C=O) groups excluding carboxylic acids is 1. The first kappa shape index (κ1) is 16.4. The van der Waals surface area contributed by atoms with Gasteiger partial charge in [0.1, 0.15) is 29.5 Å². The fraction of sp³-hybridized carbons (Fsp3) is 0.389. The van der Waals surface area contributed by atoms with E-state index in [4.69, 9.17) is 9.15 Å². The molecule has 2 aromatic rings. The molecule has 2 amide bonds. The Morgan fingerprint density at radius 2 is 2.12 bits per heavy atom. The third-order valence-electron chi connectivity index (χ3n) is 4.22. The molecule has 3 rings (SSSR count). The monoisotopic (exact) mass is 330 g/mol. The summed E-state index contributed by atoms with van der Waals surface area (Å²) in [6.07, 6.45) is 0. The summed E-state index contributed by atoms with van der Waals surface area (Å²) < 4.78 is 11.0. The molecule has 2 heterocycles. The first-order valence-electron chi connectivity index (χ1n) is 7.93. The molecule has 0 spiro atoms. The lowest BCUT2D eigenvalue weighted by Crippen LogP contribution is -2.44. The van der Waals surface area contributed by atoms with Gasteiger partial charge in [0.05, 0.1) is 12.6 Å². The molecule has 1 aromatic carbocycles. The van der Waals surface area contributed by atoms with Crippen molar-refractivity contribution in [2.45, 2.75) is 32.4 Å². The average Bonchev–Trinajstić information content (AvgIpc) is 3.09. The number of fused-ring (bicyclic) bond motifs is 1. The Hall–Kier alpha value is -2.47. The molecule has 128 valence electrons. The number of para-hydroxylation sites is 1. The van der Waals surface area contributed by atoms with Gasteiger partial charge in [0, 0.05) is 11.1 Å². The minimum atomic E-state index is -1.21. The lowest BCUT2D eigenvalue weighted by molar-refractivity contribution is 0.0577. The summed E-state index contributed by atoms with van der Waals surface area (Å²) in [6, 6.07) is 8.87. The van der Waals surface area contributed by atoms with Crippen LogP contribution in [0.25, 0.3) is 0 Å². The van der Waals surface area contributed by atoms with Gasteiger partial charge in [-0.25, -0.2) is 4.79 Å². The Morgan fingerprint density at radius 1 is 1.38 bits per heavy atom. The fourth-order valence-electron chi connectivity index (χ4n) is 3.00. The van der Waals surface area contributed by atoms with Crippen LogP contribution in [0.15, 0.2) is 34.7 Å². The zero-order chi connectivity index (χ0) is 17.3. The van der Waals surface area contributed by atoms with Crippen LogP contribution in [0.4, 0.5) is 4.79 Å². The van der Waals surface area contributed by atoms with Gasteiger partial charge in [-0.1, -0.05) is 18.2 Å². The van der Waals surface area contributed by atoms with E-state index in [0.29, 0.717) is 17.9 Å². The van der Waals surface area contributed by atoms with Gasteiger partial charge in [0.25, 0.3) is 0 Å². The number of amides is 2. The van der Waals surface area contributed by atoms with Gasteiger partial charge in [-0.05, 0) is 32.9 Å². The van der Waals surface area contributed by atoms with E-state index in [1.807, 2.05) is 31.2 Å². The molecule has 0 bridgehead atoms. The Labute approximate surface area is 140 Å². The van der Waals surface area contributed by atoms with Gasteiger partial charge in [0.15, 0.2) is 0 Å². The largest absolute Gasteiger partial charge is 0.491 e. The maximum absolute atomic E-state index is 12.2. The third kappa shape index (κ3) is 3.23. The van der Waals surface area contributed by atoms with Crippen LogP contribution in [-0.2, 0) is 5.60 Å². The van der Waals surface area contributed by atoms with Crippen LogP contribution in [0.1, 0.15) is 35.6 Å². The van der Waals surface area contributed by atoms with Crippen LogP contribution in [0.5, 0.6) is 5.75 Å². The second-order valence-corrected chi connectivity index (χ2v) is 6.33. The summed E-state index contributed by atoms with van der Waals surface area (Å²) in [6.45, 7) is 5.75. The van der Waals surface area contributed by atoms with Crippen LogP contribution < -0.4 is 15.4 Å². The highest BCUT2D eigenvalue weighted by Gasteiger charge is 2.29. The van der Waals surface area contributed by atoms with E-state index in [9.17, 15) is 9.90 Å². The number of hydrogen-bond acceptors (Lipinski definition) is 4. The molecule has 0 saturated heterocycles. The van der Waals surface area contributed by atoms with Crippen molar-refractivity contribution in [1.82, 2.24) is 10.6 Å². The standard InChI is InChI=1S/C18H22N2O4/c1-11-8-14(12(2)24-11)18(3,22)10-19-17(21)20-15-9-23-16-7-5-4-6-13(15)16/h4-8,15,22H,9-10H2,1-3H3,(H2,19,20,21)/t15-,18-/m1/s1. The number of aliphatic hydroxyl groups is 1. The summed E-state index contributed by atoms with van der Waals surface area (Å²) in [5, 5.41) is 16.2. The van der Waals surface area contributed by atoms with Crippen molar-refractivity contribution in [3.63, 3.8) is 0 Å². The number of ether oxygens (including phenoxy) is 1. The van der Waals surface area contributed by atoms with E-state index in [1.54, 1.807) is 19.9 Å². The van der Waals surface area contributed by atoms with Gasteiger partial charge in [0.2, 0.25) is 0 Å². The van der Waals surface area contributed by atoms with Crippen LogP contribution in [0.2, 0.25) is 0 Å². The maximum atomic E-state index is 12.2. The number of nitrogens with one attached hydrogen (secondary N) is 2. The molecule has 6 nitrogen and oxygen atoms in total. The highest BCUT2D eigenvalue weighted by atomic mass is 16.5. The van der Waals surface area contributed by atoms with Gasteiger partial charge in [-0.15, -0.1) is 0 Å². The van der Waals surface area contributed by atoms with E-state index >= 15 is 0 Å². The molecule has 0 aliphatic carbocycles. The quantitative estimate of drug-likeness (QED) is 0.804. The van der Waals surface area contributed by atoms with E-state index in [2.05, 4.69) is 10.6 Å². The van der Waals surface area contributed by atoms with Gasteiger partial charge in [-0.3, -0.25) is 0 Å². The van der Waals surface area contributed by atoms with Crippen molar-refractivity contribution < 1.29 is 19.1 Å². The minimum Gasteiger partial charge on any atom is -0.491 e. The second kappa shape index (κ2) is 6.20. The lowest BCUT2D eigenvalue weighted by atomic mass is 9.96. The smallest absolute Gasteiger partial charge is 0.315 e. The summed E-state index contributed by atoms with van der Waals surface area (Å²) in [7, 11) is 0. The second-order valence-electron chi connectivity index (χ2n) is 6.33. The predicted octanol–water partition coefficient (Wildman–Crippen LogP) is 2.54. The Bertz CT molecular complexity index is 751. The normalized spacial score (nSPS) is 18.4. The molecule has 0 radical (unpaired) electrons. The van der Waals surface area contributed by atoms with E-state index < -0.39 is 5.60 Å². The SMILES string of the molecule is Cc1cc([C@](C)(O)CNC(=O)N[C@@H]2COc3ccccc32)c(C)o1. The highest BCUT2D eigenvalue weighted by Crippen LogP contribution is 2.31. The van der Waals surface area contributed by atoms with Crippen LogP contribution in [-0.4, -0.2) is 24.3 Å². The molecule has 24 heavy (non-hydrogen) atoms. The molecule has 1 aliphatic rings. The van der Waals surface area contributed by atoms with Crippen LogP contribution >= 0.6 is 0 Å². The highest BCUT2D eigenvalue weighted by molar-refractivity contribution is 5.75. The predicted molar refractivity (Wildman–Crippen MR) is 89.0 cm³/mol. The number of carbonyl (C=O) groups is 1. The van der Waals surface area contributed by atoms with Crippen molar-refractivity contribution in [3.05, 3.63) is 53.0 Å². The molecule has 0 fully saturated rings. The third-order valence-corrected chi connectivity index (χ3v) is 4.22. The number of aryl methyl sites for hydroxylation is 2. The summed E-state index contributed by atoms with van der Waals surface area (Å²) in [4.78, 5) is 12.2. The Kier molecular flexibility index (Phi) is 4.24. The molecular weight excluding hydrogens is 308 g/mol. The summed E-state index contributed by atoms with van der Waals surface area (Å²) in [5.41, 5.74) is 0.430. The molecule has 1 aromatic heterocycles. The zero-order valence-corrected chi connectivity index (χ0v) is 14.1. The summed E-state index contributed by atoms with van der Waals surface area (Å²) in [5.74, 6) is 2.17. The van der Waals surface area contributed by atoms with Crippen molar-refractivity contribution >= 4 is 6.03 Å².